The number of aromatic nitrogens is 2. The molecule has 0 amide bonds. The van der Waals surface area contributed by atoms with Crippen molar-refractivity contribution in [1.82, 2.24) is 9.97 Å². The predicted molar refractivity (Wildman–Crippen MR) is 222 cm³/mol. The molecule has 53 heavy (non-hydrogen) atoms. The molecule has 0 spiro atoms. The van der Waals surface area contributed by atoms with Gasteiger partial charge in [-0.25, -0.2) is 9.97 Å². The quantitative estimate of drug-likeness (QED) is 0.181. The van der Waals surface area contributed by atoms with Crippen LogP contribution in [-0.4, -0.2) is 9.97 Å². The van der Waals surface area contributed by atoms with E-state index in [1.807, 2.05) is 12.1 Å². The lowest BCUT2D eigenvalue weighted by Crippen LogP contribution is -2.14. The maximum Gasteiger partial charge on any atom is 0.161 e. The first-order chi connectivity index (χ1) is 26.0. The third-order valence-corrected chi connectivity index (χ3v) is 11.1. The van der Waals surface area contributed by atoms with Crippen LogP contribution < -0.4 is 0 Å². The lowest BCUT2D eigenvalue weighted by Gasteiger charge is -2.22. The van der Waals surface area contributed by atoms with Crippen LogP contribution in [0.1, 0.15) is 25.0 Å². The summed E-state index contributed by atoms with van der Waals surface area (Å²) >= 11 is 0. The molecule has 1 aliphatic carbocycles. The van der Waals surface area contributed by atoms with Gasteiger partial charge in [0.1, 0.15) is 0 Å². The molecule has 0 fully saturated rings. The second-order valence-corrected chi connectivity index (χ2v) is 14.6. The van der Waals surface area contributed by atoms with Gasteiger partial charge in [0.25, 0.3) is 0 Å². The van der Waals surface area contributed by atoms with Crippen LogP contribution in [0.4, 0.5) is 0 Å². The van der Waals surface area contributed by atoms with Crippen LogP contribution in [0.2, 0.25) is 0 Å². The normalized spacial score (nSPS) is 12.9. The van der Waals surface area contributed by atoms with E-state index in [-0.39, 0.29) is 5.41 Å². The molecular weight excluding hydrogens is 641 g/mol. The van der Waals surface area contributed by atoms with E-state index in [0.29, 0.717) is 0 Å². The lowest BCUT2D eigenvalue weighted by molar-refractivity contribution is 0.661. The van der Waals surface area contributed by atoms with E-state index in [1.54, 1.807) is 0 Å². The van der Waals surface area contributed by atoms with Crippen LogP contribution in [0.3, 0.4) is 0 Å². The molecular formula is C51H36N2. The first-order valence-corrected chi connectivity index (χ1v) is 18.3. The molecule has 0 saturated carbocycles. The lowest BCUT2D eigenvalue weighted by atomic mass is 9.81. The Morgan fingerprint density at radius 1 is 0.340 bits per heavy atom. The van der Waals surface area contributed by atoms with E-state index in [0.717, 1.165) is 39.3 Å². The van der Waals surface area contributed by atoms with Gasteiger partial charge in [0.05, 0.1) is 11.4 Å². The van der Waals surface area contributed by atoms with Crippen molar-refractivity contribution in [3.05, 3.63) is 193 Å². The van der Waals surface area contributed by atoms with Gasteiger partial charge in [-0.3, -0.25) is 0 Å². The summed E-state index contributed by atoms with van der Waals surface area (Å²) in [7, 11) is 0. The fourth-order valence-electron chi connectivity index (χ4n) is 8.31. The Morgan fingerprint density at radius 3 is 1.57 bits per heavy atom. The molecule has 0 aliphatic heterocycles. The van der Waals surface area contributed by atoms with E-state index in [1.165, 1.54) is 60.7 Å². The van der Waals surface area contributed by atoms with Gasteiger partial charge >= 0.3 is 0 Å². The molecule has 8 aromatic carbocycles. The highest BCUT2D eigenvalue weighted by Gasteiger charge is 2.35. The van der Waals surface area contributed by atoms with Gasteiger partial charge in [-0.2, -0.15) is 0 Å². The van der Waals surface area contributed by atoms with Gasteiger partial charge in [0, 0.05) is 22.1 Å². The Labute approximate surface area is 310 Å². The highest BCUT2D eigenvalue weighted by molar-refractivity contribution is 6.05. The minimum atomic E-state index is -0.0536. The minimum absolute atomic E-state index is 0.0536. The maximum atomic E-state index is 5.17. The summed E-state index contributed by atoms with van der Waals surface area (Å²) in [4.78, 5) is 10.3. The molecule has 10 rings (SSSR count). The molecule has 0 radical (unpaired) electrons. The number of benzene rings is 8. The van der Waals surface area contributed by atoms with Gasteiger partial charge in [-0.15, -0.1) is 0 Å². The monoisotopic (exact) mass is 676 g/mol. The molecule has 1 heterocycles. The average Bonchev–Trinajstić information content (AvgIpc) is 3.44. The van der Waals surface area contributed by atoms with E-state index < -0.39 is 0 Å². The highest BCUT2D eigenvalue weighted by atomic mass is 14.9. The molecule has 0 saturated heterocycles. The highest BCUT2D eigenvalue weighted by Crippen LogP contribution is 2.51. The number of nitrogens with zero attached hydrogens (tertiary/aromatic N) is 2. The molecule has 2 heteroatoms. The second kappa shape index (κ2) is 12.3. The van der Waals surface area contributed by atoms with Gasteiger partial charge in [-0.1, -0.05) is 159 Å². The molecule has 1 aromatic heterocycles. The zero-order valence-corrected chi connectivity index (χ0v) is 29.7. The molecule has 0 atom stereocenters. The van der Waals surface area contributed by atoms with Crippen LogP contribution >= 0.6 is 0 Å². The van der Waals surface area contributed by atoms with Crippen molar-refractivity contribution in [2.45, 2.75) is 19.3 Å². The maximum absolute atomic E-state index is 5.17. The minimum Gasteiger partial charge on any atom is -0.228 e. The number of fused-ring (bicyclic) bond motifs is 5. The molecule has 0 unspecified atom stereocenters. The summed E-state index contributed by atoms with van der Waals surface area (Å²) < 4.78 is 0. The number of hydrogen-bond acceptors (Lipinski definition) is 2. The third-order valence-electron chi connectivity index (χ3n) is 11.1. The van der Waals surface area contributed by atoms with E-state index in [2.05, 4.69) is 184 Å². The van der Waals surface area contributed by atoms with Crippen LogP contribution in [0.5, 0.6) is 0 Å². The van der Waals surface area contributed by atoms with Gasteiger partial charge < -0.3 is 0 Å². The van der Waals surface area contributed by atoms with E-state index in [9.17, 15) is 0 Å². The fraction of sp³-hybridized carbons (Fsp3) is 0.0588. The zero-order chi connectivity index (χ0) is 35.5. The Hall–Kier alpha value is -6.64. The molecule has 1 aliphatic rings. The van der Waals surface area contributed by atoms with Crippen LogP contribution in [0.25, 0.3) is 88.8 Å². The van der Waals surface area contributed by atoms with Gasteiger partial charge in [-0.05, 0) is 102 Å². The first-order valence-electron chi connectivity index (χ1n) is 18.3. The van der Waals surface area contributed by atoms with Crippen molar-refractivity contribution in [3.63, 3.8) is 0 Å². The van der Waals surface area contributed by atoms with Crippen molar-refractivity contribution >= 4 is 21.5 Å². The second-order valence-electron chi connectivity index (χ2n) is 14.6. The van der Waals surface area contributed by atoms with Crippen molar-refractivity contribution in [2.24, 2.45) is 0 Å². The number of rotatable bonds is 5. The third kappa shape index (κ3) is 5.26. The smallest absolute Gasteiger partial charge is 0.161 e. The summed E-state index contributed by atoms with van der Waals surface area (Å²) in [5.74, 6) is 0.718. The van der Waals surface area contributed by atoms with Crippen molar-refractivity contribution in [2.75, 3.05) is 0 Å². The topological polar surface area (TPSA) is 25.8 Å². The fourth-order valence-corrected chi connectivity index (χ4v) is 8.31. The summed E-state index contributed by atoms with van der Waals surface area (Å²) in [6.45, 7) is 4.71. The largest absolute Gasteiger partial charge is 0.228 e. The van der Waals surface area contributed by atoms with Gasteiger partial charge in [0.15, 0.2) is 5.82 Å². The molecule has 250 valence electrons. The average molecular weight is 677 g/mol. The predicted octanol–water partition coefficient (Wildman–Crippen LogP) is 13.4. The Kier molecular flexibility index (Phi) is 7.19. The standard InChI is InChI=1S/C51H36N2/c1-51(2)46-27-24-38(30-44(46)45-29-36-18-9-10-19-37(36)31-47(45)51)35-20-13-21-39(28-35)40-25-26-43(42-23-12-11-22-41(40)42)50-52-48(33-14-5-3-6-15-33)32-49(53-50)34-16-7-4-8-17-34/h3-32H,1-2H3. The van der Waals surface area contributed by atoms with Gasteiger partial charge in [0.2, 0.25) is 0 Å². The Bertz CT molecular complexity index is 2790. The summed E-state index contributed by atoms with van der Waals surface area (Å²) in [5, 5.41) is 4.88. The SMILES string of the molecule is CC1(C)c2ccc(-c3cccc(-c4ccc(-c5nc(-c6ccccc6)cc(-c6ccccc6)n5)c5ccccc45)c3)cc2-c2cc3ccccc3cc21. The van der Waals surface area contributed by atoms with Crippen LogP contribution in [0, 0.1) is 0 Å². The zero-order valence-electron chi connectivity index (χ0n) is 29.7. The van der Waals surface area contributed by atoms with E-state index in [4.69, 9.17) is 9.97 Å². The Morgan fingerprint density at radius 2 is 0.868 bits per heavy atom. The summed E-state index contributed by atoms with van der Waals surface area (Å²) in [6, 6.07) is 65.4. The summed E-state index contributed by atoms with van der Waals surface area (Å²) in [6.07, 6.45) is 0. The van der Waals surface area contributed by atoms with Crippen molar-refractivity contribution in [3.8, 4) is 67.3 Å². The molecule has 9 aromatic rings. The summed E-state index contributed by atoms with van der Waals surface area (Å²) in [5.41, 5.74) is 15.2. The van der Waals surface area contributed by atoms with E-state index >= 15 is 0 Å². The van der Waals surface area contributed by atoms with Crippen LogP contribution in [0.15, 0.2) is 182 Å². The number of hydrogen-bond donors (Lipinski definition) is 0. The molecule has 0 bridgehead atoms. The van der Waals surface area contributed by atoms with Crippen LogP contribution in [-0.2, 0) is 5.41 Å². The van der Waals surface area contributed by atoms with Crippen molar-refractivity contribution < 1.29 is 0 Å². The Balaban J connectivity index is 1.08. The molecule has 0 N–H and O–H groups in total. The molecule has 2 nitrogen and oxygen atoms in total. The van der Waals surface area contributed by atoms with Crippen molar-refractivity contribution in [1.29, 1.82) is 0 Å². The first kappa shape index (κ1) is 31.1.